The Morgan fingerprint density at radius 1 is 1.18 bits per heavy atom. The third kappa shape index (κ3) is 4.58. The Bertz CT molecular complexity index is 1260. The van der Waals surface area contributed by atoms with E-state index in [2.05, 4.69) is 35.9 Å². The minimum Gasteiger partial charge on any atom is -0.381 e. The molecule has 0 radical (unpaired) electrons. The van der Waals surface area contributed by atoms with Gasteiger partial charge in [-0.15, -0.1) is 0 Å². The molecule has 180 valence electrons. The van der Waals surface area contributed by atoms with E-state index in [4.69, 9.17) is 4.98 Å². The number of fused-ring (bicyclic) bond motifs is 2. The molecule has 4 heterocycles. The Morgan fingerprint density at radius 2 is 1.91 bits per heavy atom. The minimum atomic E-state index is -1.35. The van der Waals surface area contributed by atoms with Crippen molar-refractivity contribution in [3.63, 3.8) is 0 Å². The number of amides is 1. The molecule has 4 aromatic rings. The molecule has 0 unspecified atom stereocenters. The van der Waals surface area contributed by atoms with Gasteiger partial charge < -0.3 is 24.9 Å². The van der Waals surface area contributed by atoms with Gasteiger partial charge in [0, 0.05) is 19.1 Å². The fourth-order valence-corrected chi connectivity index (χ4v) is 4.40. The fourth-order valence-electron chi connectivity index (χ4n) is 4.40. The van der Waals surface area contributed by atoms with E-state index in [1.165, 1.54) is 6.33 Å². The van der Waals surface area contributed by atoms with Gasteiger partial charge >= 0.3 is 0 Å². The molecule has 10 heteroatoms. The molecule has 1 aliphatic rings. The number of aromatic nitrogens is 6. The summed E-state index contributed by atoms with van der Waals surface area (Å²) in [6, 6.07) is 8.31. The van der Waals surface area contributed by atoms with Crippen LogP contribution in [-0.2, 0) is 11.3 Å². The van der Waals surface area contributed by atoms with Crippen LogP contribution in [0.5, 0.6) is 0 Å². The maximum Gasteiger partial charge on any atom is 0.253 e. The highest BCUT2D eigenvalue weighted by atomic mass is 16.3. The van der Waals surface area contributed by atoms with E-state index < -0.39 is 5.60 Å². The van der Waals surface area contributed by atoms with Crippen LogP contribution in [0.3, 0.4) is 0 Å². The zero-order chi connectivity index (χ0) is 24.3. The molecule has 1 aromatic carbocycles. The number of carbonyl (C=O) groups excluding carboxylic acids is 1. The first kappa shape index (κ1) is 23.6. The van der Waals surface area contributed by atoms with Crippen LogP contribution < -0.4 is 5.32 Å². The largest absolute Gasteiger partial charge is 0.381 e. The zero-order valence-electron chi connectivity index (χ0n) is 20.1. The molecule has 0 aliphatic carbocycles. The van der Waals surface area contributed by atoms with E-state index in [0.29, 0.717) is 31.1 Å². The quantitative estimate of drug-likeness (QED) is 0.414. The number of hydrogen-bond donors (Lipinski definition) is 3. The second kappa shape index (κ2) is 9.76. The van der Waals surface area contributed by atoms with Crippen LogP contribution in [0.4, 0.5) is 5.82 Å². The number of piperidine rings is 1. The number of carbonyl (C=O) groups is 1. The molecule has 5 rings (SSSR count). The SMILES string of the molecule is CC.CC(C)(O)C(=O)N1CCC(n2c(CNc3ncnc4nc[nH]c34)nc3ccccc32)CC1. The van der Waals surface area contributed by atoms with E-state index in [-0.39, 0.29) is 11.9 Å². The van der Waals surface area contributed by atoms with Crippen LogP contribution in [0.25, 0.3) is 22.2 Å². The maximum absolute atomic E-state index is 12.5. The predicted molar refractivity (Wildman–Crippen MR) is 131 cm³/mol. The molecule has 34 heavy (non-hydrogen) atoms. The number of H-pyrrole nitrogens is 1. The average Bonchev–Trinajstić information content (AvgIpc) is 3.48. The smallest absolute Gasteiger partial charge is 0.253 e. The topological polar surface area (TPSA) is 125 Å². The number of aromatic amines is 1. The maximum atomic E-state index is 12.5. The third-order valence-corrected chi connectivity index (χ3v) is 5.95. The first-order valence-corrected chi connectivity index (χ1v) is 11.8. The van der Waals surface area contributed by atoms with Gasteiger partial charge in [0.15, 0.2) is 11.5 Å². The Balaban J connectivity index is 0.00000133. The van der Waals surface area contributed by atoms with Crippen molar-refractivity contribution in [3.05, 3.63) is 42.7 Å². The van der Waals surface area contributed by atoms with Crippen LogP contribution in [0.2, 0.25) is 0 Å². The predicted octanol–water partition coefficient (Wildman–Crippen LogP) is 3.28. The van der Waals surface area contributed by atoms with Crippen molar-refractivity contribution >= 4 is 33.9 Å². The van der Waals surface area contributed by atoms with Crippen molar-refractivity contribution < 1.29 is 9.90 Å². The lowest BCUT2D eigenvalue weighted by Gasteiger charge is -2.36. The number of hydrogen-bond acceptors (Lipinski definition) is 7. The Kier molecular flexibility index (Phi) is 6.78. The van der Waals surface area contributed by atoms with Crippen LogP contribution in [0.1, 0.15) is 52.4 Å². The summed E-state index contributed by atoms with van der Waals surface area (Å²) in [4.78, 5) is 34.8. The molecular formula is C24H32N8O2. The van der Waals surface area contributed by atoms with E-state index in [1.54, 1.807) is 25.1 Å². The molecule has 0 saturated carbocycles. The van der Waals surface area contributed by atoms with Crippen molar-refractivity contribution in [1.29, 1.82) is 0 Å². The number of anilines is 1. The first-order chi connectivity index (χ1) is 16.4. The highest BCUT2D eigenvalue weighted by Gasteiger charge is 2.33. The minimum absolute atomic E-state index is 0.211. The zero-order valence-corrected chi connectivity index (χ0v) is 20.1. The number of likely N-dealkylation sites (tertiary alicyclic amines) is 1. The summed E-state index contributed by atoms with van der Waals surface area (Å²) in [5, 5.41) is 13.5. The van der Waals surface area contributed by atoms with Gasteiger partial charge in [0.05, 0.1) is 23.9 Å². The summed E-state index contributed by atoms with van der Waals surface area (Å²) < 4.78 is 2.28. The van der Waals surface area contributed by atoms with E-state index in [0.717, 1.165) is 35.2 Å². The Hall–Kier alpha value is -3.53. The number of aliphatic hydroxyl groups is 1. The summed E-state index contributed by atoms with van der Waals surface area (Å²) in [6.07, 6.45) is 4.69. The number of benzene rings is 1. The highest BCUT2D eigenvalue weighted by Crippen LogP contribution is 2.30. The van der Waals surface area contributed by atoms with Crippen molar-refractivity contribution in [1.82, 2.24) is 34.4 Å². The molecule has 1 amide bonds. The second-order valence-corrected chi connectivity index (χ2v) is 8.65. The van der Waals surface area contributed by atoms with Gasteiger partial charge in [-0.3, -0.25) is 4.79 Å². The Morgan fingerprint density at radius 3 is 2.65 bits per heavy atom. The number of rotatable bonds is 5. The molecule has 3 N–H and O–H groups in total. The fraction of sp³-hybridized carbons (Fsp3) is 0.458. The van der Waals surface area contributed by atoms with Gasteiger partial charge in [-0.25, -0.2) is 19.9 Å². The highest BCUT2D eigenvalue weighted by molar-refractivity contribution is 5.84. The van der Waals surface area contributed by atoms with Crippen molar-refractivity contribution in [3.8, 4) is 0 Å². The lowest BCUT2D eigenvalue weighted by atomic mass is 10.0. The summed E-state index contributed by atoms with van der Waals surface area (Å²) in [5.41, 5.74) is 2.03. The molecule has 1 aliphatic heterocycles. The van der Waals surface area contributed by atoms with Crippen molar-refractivity contribution in [2.24, 2.45) is 0 Å². The summed E-state index contributed by atoms with van der Waals surface area (Å²) in [5.74, 6) is 1.36. The lowest BCUT2D eigenvalue weighted by molar-refractivity contribution is -0.149. The number of imidazole rings is 2. The monoisotopic (exact) mass is 464 g/mol. The van der Waals surface area contributed by atoms with Gasteiger partial charge in [-0.05, 0) is 38.8 Å². The van der Waals surface area contributed by atoms with E-state index in [1.807, 2.05) is 32.0 Å². The molecule has 0 atom stereocenters. The average molecular weight is 465 g/mol. The normalized spacial score (nSPS) is 14.8. The van der Waals surface area contributed by atoms with Gasteiger partial charge in [0.2, 0.25) is 0 Å². The van der Waals surface area contributed by atoms with Crippen LogP contribution in [0.15, 0.2) is 36.9 Å². The third-order valence-electron chi connectivity index (χ3n) is 5.95. The van der Waals surface area contributed by atoms with E-state index >= 15 is 0 Å². The molecule has 1 saturated heterocycles. The lowest BCUT2D eigenvalue weighted by Crippen LogP contribution is -2.48. The first-order valence-electron chi connectivity index (χ1n) is 11.8. The molecule has 0 spiro atoms. The number of nitrogens with zero attached hydrogens (tertiary/aromatic N) is 6. The van der Waals surface area contributed by atoms with Gasteiger partial charge in [-0.2, -0.15) is 0 Å². The second-order valence-electron chi connectivity index (χ2n) is 8.65. The van der Waals surface area contributed by atoms with Crippen LogP contribution in [0, 0.1) is 0 Å². The van der Waals surface area contributed by atoms with Gasteiger partial charge in [0.1, 0.15) is 23.3 Å². The Labute approximate surface area is 198 Å². The molecular weight excluding hydrogens is 432 g/mol. The standard InChI is InChI=1S/C22H26N8O2.C2H6/c1-22(2,32)21(31)29-9-7-14(8-10-29)30-16-6-4-3-5-15(16)28-17(30)11-23-19-18-20(25-12-24-18)27-13-26-19;1-2/h3-6,12-14,32H,7-11H2,1-2H3,(H2,23,24,25,26,27);1-2H3. The number of nitrogens with one attached hydrogen (secondary N) is 2. The summed E-state index contributed by atoms with van der Waals surface area (Å²) in [6.45, 7) is 8.78. The summed E-state index contributed by atoms with van der Waals surface area (Å²) in [7, 11) is 0. The van der Waals surface area contributed by atoms with Gasteiger partial charge in [-0.1, -0.05) is 26.0 Å². The molecule has 3 aromatic heterocycles. The number of para-hydroxylation sites is 2. The van der Waals surface area contributed by atoms with Crippen LogP contribution >= 0.6 is 0 Å². The molecule has 10 nitrogen and oxygen atoms in total. The molecule has 0 bridgehead atoms. The summed E-state index contributed by atoms with van der Waals surface area (Å²) >= 11 is 0. The van der Waals surface area contributed by atoms with Gasteiger partial charge in [0.25, 0.3) is 5.91 Å². The van der Waals surface area contributed by atoms with Crippen molar-refractivity contribution in [2.75, 3.05) is 18.4 Å². The van der Waals surface area contributed by atoms with E-state index in [9.17, 15) is 9.90 Å². The van der Waals surface area contributed by atoms with Crippen LogP contribution in [-0.4, -0.2) is 64.1 Å². The molecule has 1 fully saturated rings. The van der Waals surface area contributed by atoms with Crippen molar-refractivity contribution in [2.45, 2.75) is 58.7 Å².